The van der Waals surface area contributed by atoms with Crippen molar-refractivity contribution >= 4 is 23.3 Å². The van der Waals surface area contributed by atoms with Gasteiger partial charge in [0.2, 0.25) is 0 Å². The lowest BCUT2D eigenvalue weighted by Crippen LogP contribution is -2.32. The van der Waals surface area contributed by atoms with Crippen LogP contribution < -0.4 is 10.2 Å². The Morgan fingerprint density at radius 2 is 1.69 bits per heavy atom. The van der Waals surface area contributed by atoms with Crippen LogP contribution in [-0.2, 0) is 19.7 Å². The molecule has 1 saturated heterocycles. The highest BCUT2D eigenvalue weighted by Crippen LogP contribution is 2.49. The molecule has 5 heteroatoms. The lowest BCUT2D eigenvalue weighted by molar-refractivity contribution is -0.150. The number of ether oxygens (including phenoxy) is 1. The van der Waals surface area contributed by atoms with E-state index in [1.165, 1.54) is 18.5 Å². The van der Waals surface area contributed by atoms with Gasteiger partial charge in [-0.3, -0.25) is 9.59 Å². The summed E-state index contributed by atoms with van der Waals surface area (Å²) >= 11 is 0. The van der Waals surface area contributed by atoms with Crippen molar-refractivity contribution in [3.63, 3.8) is 0 Å². The molecule has 1 saturated carbocycles. The fraction of sp³-hybridized carbons (Fsp3) is 0.417. The van der Waals surface area contributed by atoms with Gasteiger partial charge in [0.25, 0.3) is 5.91 Å². The zero-order valence-corrected chi connectivity index (χ0v) is 16.9. The van der Waals surface area contributed by atoms with Crippen molar-refractivity contribution < 1.29 is 14.3 Å². The van der Waals surface area contributed by atoms with E-state index in [1.807, 2.05) is 54.6 Å². The minimum Gasteiger partial charge on any atom is -0.455 e. The smallest absolute Gasteiger partial charge is 0.317 e. The van der Waals surface area contributed by atoms with E-state index < -0.39 is 5.41 Å². The third-order valence-corrected chi connectivity index (χ3v) is 6.10. The summed E-state index contributed by atoms with van der Waals surface area (Å²) < 4.78 is 5.33. The molecule has 1 aliphatic carbocycles. The molecule has 2 aromatic carbocycles. The van der Waals surface area contributed by atoms with E-state index in [4.69, 9.17) is 4.74 Å². The summed E-state index contributed by atoms with van der Waals surface area (Å²) in [6, 6.07) is 17.5. The molecule has 152 valence electrons. The van der Waals surface area contributed by atoms with Crippen LogP contribution in [0.5, 0.6) is 0 Å². The molecule has 2 fully saturated rings. The first kappa shape index (κ1) is 19.5. The van der Waals surface area contributed by atoms with Crippen molar-refractivity contribution in [1.29, 1.82) is 0 Å². The fourth-order valence-corrected chi connectivity index (χ4v) is 3.98. The monoisotopic (exact) mass is 392 g/mol. The molecule has 0 radical (unpaired) electrons. The van der Waals surface area contributed by atoms with Gasteiger partial charge in [0, 0.05) is 24.5 Å². The summed E-state index contributed by atoms with van der Waals surface area (Å²) in [5.41, 5.74) is 2.30. The molecule has 1 aliphatic heterocycles. The molecule has 0 spiro atoms. The first-order valence-electron chi connectivity index (χ1n) is 10.4. The Morgan fingerprint density at radius 3 is 2.31 bits per heavy atom. The van der Waals surface area contributed by atoms with Crippen LogP contribution >= 0.6 is 0 Å². The first-order valence-corrected chi connectivity index (χ1v) is 10.4. The molecule has 2 aromatic rings. The Labute approximate surface area is 172 Å². The van der Waals surface area contributed by atoms with Crippen molar-refractivity contribution in [2.24, 2.45) is 5.92 Å². The zero-order valence-electron chi connectivity index (χ0n) is 16.9. The van der Waals surface area contributed by atoms with Crippen LogP contribution in [0.2, 0.25) is 0 Å². The summed E-state index contributed by atoms with van der Waals surface area (Å²) in [6.07, 6.45) is 3.98. The van der Waals surface area contributed by atoms with Crippen molar-refractivity contribution in [1.82, 2.24) is 0 Å². The summed E-state index contributed by atoms with van der Waals surface area (Å²) in [4.78, 5) is 27.1. The largest absolute Gasteiger partial charge is 0.455 e. The van der Waals surface area contributed by atoms with Gasteiger partial charge < -0.3 is 15.0 Å². The SMILES string of the molecule is CC1CCN(c2ccc(NC(=O)COC(=O)C3(c4ccccc4)CC3)cc2)CC1. The number of hydrogen-bond acceptors (Lipinski definition) is 4. The second-order valence-corrected chi connectivity index (χ2v) is 8.29. The number of nitrogens with zero attached hydrogens (tertiary/aromatic N) is 1. The predicted molar refractivity (Wildman–Crippen MR) is 114 cm³/mol. The Balaban J connectivity index is 1.27. The molecule has 0 unspecified atom stereocenters. The van der Waals surface area contributed by atoms with E-state index >= 15 is 0 Å². The Bertz CT molecular complexity index is 851. The van der Waals surface area contributed by atoms with E-state index in [2.05, 4.69) is 17.1 Å². The van der Waals surface area contributed by atoms with E-state index in [1.54, 1.807) is 0 Å². The first-order chi connectivity index (χ1) is 14.1. The number of amides is 1. The van der Waals surface area contributed by atoms with Crippen LogP contribution in [0.25, 0.3) is 0 Å². The number of anilines is 2. The Morgan fingerprint density at radius 1 is 1.03 bits per heavy atom. The highest BCUT2D eigenvalue weighted by molar-refractivity contribution is 5.94. The van der Waals surface area contributed by atoms with E-state index in [0.717, 1.165) is 37.4 Å². The number of nitrogens with one attached hydrogen (secondary N) is 1. The maximum Gasteiger partial charge on any atom is 0.317 e. The van der Waals surface area contributed by atoms with E-state index in [0.29, 0.717) is 5.69 Å². The summed E-state index contributed by atoms with van der Waals surface area (Å²) in [7, 11) is 0. The summed E-state index contributed by atoms with van der Waals surface area (Å²) in [6.45, 7) is 4.19. The minimum absolute atomic E-state index is 0.265. The highest BCUT2D eigenvalue weighted by Gasteiger charge is 2.52. The molecule has 1 heterocycles. The second-order valence-electron chi connectivity index (χ2n) is 8.29. The molecule has 29 heavy (non-hydrogen) atoms. The molecule has 1 amide bonds. The average molecular weight is 392 g/mol. The molecule has 0 bridgehead atoms. The topological polar surface area (TPSA) is 58.6 Å². The number of benzene rings is 2. The summed E-state index contributed by atoms with van der Waals surface area (Å²) in [5.74, 6) is 0.166. The van der Waals surface area contributed by atoms with Gasteiger partial charge in [0.1, 0.15) is 0 Å². The van der Waals surface area contributed by atoms with Gasteiger partial charge in [-0.15, -0.1) is 0 Å². The quantitative estimate of drug-likeness (QED) is 0.751. The van der Waals surface area contributed by atoms with E-state index in [9.17, 15) is 9.59 Å². The molecule has 0 atom stereocenters. The van der Waals surface area contributed by atoms with Crippen LogP contribution in [0.3, 0.4) is 0 Å². The molecular formula is C24H28N2O3. The fourth-order valence-electron chi connectivity index (χ4n) is 3.98. The third-order valence-electron chi connectivity index (χ3n) is 6.10. The number of esters is 1. The molecule has 2 aliphatic rings. The maximum atomic E-state index is 12.5. The maximum absolute atomic E-state index is 12.5. The highest BCUT2D eigenvalue weighted by atomic mass is 16.5. The normalized spacial score (nSPS) is 18.2. The third kappa shape index (κ3) is 4.44. The van der Waals surface area contributed by atoms with Crippen molar-refractivity contribution in [2.75, 3.05) is 29.9 Å². The van der Waals surface area contributed by atoms with Gasteiger partial charge in [-0.25, -0.2) is 0 Å². The van der Waals surface area contributed by atoms with Gasteiger partial charge in [-0.05, 0) is 61.4 Å². The van der Waals surface area contributed by atoms with Crippen LogP contribution in [0, 0.1) is 5.92 Å². The van der Waals surface area contributed by atoms with Gasteiger partial charge in [-0.2, -0.15) is 0 Å². The lowest BCUT2D eigenvalue weighted by Gasteiger charge is -2.32. The minimum atomic E-state index is -0.560. The Hall–Kier alpha value is -2.82. The summed E-state index contributed by atoms with van der Waals surface area (Å²) in [5, 5.41) is 2.81. The van der Waals surface area contributed by atoms with Crippen LogP contribution in [0.4, 0.5) is 11.4 Å². The van der Waals surface area contributed by atoms with Gasteiger partial charge in [-0.1, -0.05) is 37.3 Å². The molecular weight excluding hydrogens is 364 g/mol. The predicted octanol–water partition coefficient (Wildman–Crippen LogP) is 4.14. The van der Waals surface area contributed by atoms with E-state index in [-0.39, 0.29) is 18.5 Å². The van der Waals surface area contributed by atoms with Crippen molar-refractivity contribution in [3.8, 4) is 0 Å². The average Bonchev–Trinajstić information content (AvgIpc) is 3.56. The van der Waals surface area contributed by atoms with Gasteiger partial charge in [0.15, 0.2) is 6.61 Å². The van der Waals surface area contributed by atoms with Gasteiger partial charge >= 0.3 is 5.97 Å². The Kier molecular flexibility index (Phi) is 5.56. The standard InChI is InChI=1S/C24H28N2O3/c1-18-11-15-26(16-12-18)21-9-7-20(8-10-21)25-22(27)17-29-23(28)24(13-14-24)19-5-3-2-4-6-19/h2-10,18H,11-17H2,1H3,(H,25,27). The van der Waals surface area contributed by atoms with Crippen LogP contribution in [0.15, 0.2) is 54.6 Å². The number of carbonyl (C=O) groups excluding carboxylic acids is 2. The van der Waals surface area contributed by atoms with Crippen LogP contribution in [0.1, 0.15) is 38.2 Å². The zero-order chi connectivity index (χ0) is 20.3. The number of carbonyl (C=O) groups is 2. The number of piperidine rings is 1. The molecule has 0 aromatic heterocycles. The number of rotatable bonds is 6. The lowest BCUT2D eigenvalue weighted by atomic mass is 9.96. The molecule has 1 N–H and O–H groups in total. The molecule has 4 rings (SSSR count). The van der Waals surface area contributed by atoms with Gasteiger partial charge in [0.05, 0.1) is 5.41 Å². The molecule has 5 nitrogen and oxygen atoms in total. The van der Waals surface area contributed by atoms with Crippen molar-refractivity contribution in [3.05, 3.63) is 60.2 Å². The van der Waals surface area contributed by atoms with Crippen LogP contribution in [-0.4, -0.2) is 31.6 Å². The second kappa shape index (κ2) is 8.27. The number of hydrogen-bond donors (Lipinski definition) is 1. The van der Waals surface area contributed by atoms with Crippen molar-refractivity contribution in [2.45, 2.75) is 38.0 Å².